The van der Waals surface area contributed by atoms with E-state index in [0.717, 1.165) is 6.42 Å². The van der Waals surface area contributed by atoms with Gasteiger partial charge in [-0.1, -0.05) is 49.6 Å². The van der Waals surface area contributed by atoms with Crippen molar-refractivity contribution in [3.63, 3.8) is 0 Å². The van der Waals surface area contributed by atoms with Crippen molar-refractivity contribution in [2.75, 3.05) is 5.75 Å². The molecular formula is C23H31NO3S. The van der Waals surface area contributed by atoms with Crippen molar-refractivity contribution >= 4 is 23.6 Å². The van der Waals surface area contributed by atoms with Crippen LogP contribution in [0.5, 0.6) is 0 Å². The van der Waals surface area contributed by atoms with Crippen molar-refractivity contribution in [3.8, 4) is 0 Å². The Hall–Kier alpha value is -1.49. The lowest BCUT2D eigenvalue weighted by Crippen LogP contribution is -2.49. The predicted molar refractivity (Wildman–Crippen MR) is 112 cm³/mol. The summed E-state index contributed by atoms with van der Waals surface area (Å²) < 4.78 is 5.52. The monoisotopic (exact) mass is 401 g/mol. The molecule has 1 aromatic carbocycles. The van der Waals surface area contributed by atoms with E-state index in [1.807, 2.05) is 36.9 Å². The van der Waals surface area contributed by atoms with Gasteiger partial charge in [0.1, 0.15) is 6.04 Å². The highest BCUT2D eigenvalue weighted by atomic mass is 32.2. The molecular weight excluding hydrogens is 370 g/mol. The molecule has 1 saturated heterocycles. The van der Waals surface area contributed by atoms with E-state index >= 15 is 0 Å². The Balaban J connectivity index is 1.52. The lowest BCUT2D eigenvalue weighted by atomic mass is 9.88. The molecule has 1 amide bonds. The highest BCUT2D eigenvalue weighted by Crippen LogP contribution is 2.51. The molecule has 1 aromatic rings. The third-order valence-electron chi connectivity index (χ3n) is 6.30. The number of esters is 1. The number of nitrogens with zero attached hydrogens (tertiary/aromatic N) is 1. The summed E-state index contributed by atoms with van der Waals surface area (Å²) in [7, 11) is 0. The maximum atomic E-state index is 13.5. The van der Waals surface area contributed by atoms with Crippen LogP contribution in [0, 0.1) is 11.8 Å². The number of carbonyl (C=O) groups excluding carboxylic acids is 2. The lowest BCUT2D eigenvalue weighted by molar-refractivity contribution is -0.158. The number of hydrogen-bond donors (Lipinski definition) is 0. The molecule has 1 heterocycles. The fourth-order valence-corrected chi connectivity index (χ4v) is 6.44. The van der Waals surface area contributed by atoms with E-state index in [1.165, 1.54) is 37.7 Å². The minimum Gasteiger partial charge on any atom is -0.461 e. The van der Waals surface area contributed by atoms with E-state index < -0.39 is 6.04 Å². The number of thioether (sulfide) groups is 1. The number of benzene rings is 1. The Kier molecular flexibility index (Phi) is 6.00. The molecule has 2 aliphatic carbocycles. The molecule has 5 heteroatoms. The van der Waals surface area contributed by atoms with Crippen LogP contribution < -0.4 is 0 Å². The molecule has 4 nitrogen and oxygen atoms in total. The van der Waals surface area contributed by atoms with Crippen LogP contribution in [0.1, 0.15) is 63.9 Å². The van der Waals surface area contributed by atoms with E-state index in [1.54, 1.807) is 11.8 Å². The molecule has 4 unspecified atom stereocenters. The van der Waals surface area contributed by atoms with Gasteiger partial charge < -0.3 is 9.64 Å². The smallest absolute Gasteiger partial charge is 0.330 e. The fourth-order valence-electron chi connectivity index (χ4n) is 4.81. The summed E-state index contributed by atoms with van der Waals surface area (Å²) in [5, 5.41) is 0.134. The van der Waals surface area contributed by atoms with E-state index in [0.29, 0.717) is 17.6 Å². The molecule has 4 atom stereocenters. The first-order valence-corrected chi connectivity index (χ1v) is 11.8. The normalized spacial score (nSPS) is 30.5. The number of hydrogen-bond acceptors (Lipinski definition) is 4. The largest absolute Gasteiger partial charge is 0.461 e. The minimum atomic E-state index is -0.427. The predicted octanol–water partition coefficient (Wildman–Crippen LogP) is 4.59. The van der Waals surface area contributed by atoms with Crippen molar-refractivity contribution < 1.29 is 14.3 Å². The van der Waals surface area contributed by atoms with Crippen LogP contribution in [-0.2, 0) is 14.3 Å². The Labute approximate surface area is 172 Å². The summed E-state index contributed by atoms with van der Waals surface area (Å²) in [5.41, 5.74) is 1.24. The molecule has 0 radical (unpaired) electrons. The standard InChI is InChI=1S/C23H31NO3S/c1-15(2)27-23(26)20-14-28-22(17-11-7-4-8-12-17)24(20)21(25)19-13-18(19)16-9-5-3-6-10-16/h3,5-6,9-10,15,17-20,22H,4,7-8,11-14H2,1-2H3. The zero-order valence-electron chi connectivity index (χ0n) is 16.9. The van der Waals surface area contributed by atoms with Crippen LogP contribution in [0.2, 0.25) is 0 Å². The van der Waals surface area contributed by atoms with Crippen LogP contribution in [-0.4, -0.2) is 40.0 Å². The van der Waals surface area contributed by atoms with Gasteiger partial charge in [0.2, 0.25) is 5.91 Å². The van der Waals surface area contributed by atoms with Gasteiger partial charge in [-0.25, -0.2) is 4.79 Å². The first-order valence-electron chi connectivity index (χ1n) is 10.8. The molecule has 3 aliphatic rings. The second-order valence-corrected chi connectivity index (χ2v) is 9.88. The van der Waals surface area contributed by atoms with Crippen LogP contribution in [0.25, 0.3) is 0 Å². The highest BCUT2D eigenvalue weighted by Gasteiger charge is 2.53. The van der Waals surface area contributed by atoms with Crippen LogP contribution >= 0.6 is 11.8 Å². The van der Waals surface area contributed by atoms with Crippen molar-refractivity contribution in [1.82, 2.24) is 4.90 Å². The topological polar surface area (TPSA) is 46.6 Å². The van der Waals surface area contributed by atoms with Crippen LogP contribution in [0.3, 0.4) is 0 Å². The Morgan fingerprint density at radius 3 is 2.50 bits per heavy atom. The van der Waals surface area contributed by atoms with Gasteiger partial charge in [0.15, 0.2) is 0 Å². The quantitative estimate of drug-likeness (QED) is 0.677. The third-order valence-corrected chi connectivity index (χ3v) is 7.76. The number of carbonyl (C=O) groups is 2. The van der Waals surface area contributed by atoms with Crippen LogP contribution in [0.15, 0.2) is 30.3 Å². The van der Waals surface area contributed by atoms with Crippen LogP contribution in [0.4, 0.5) is 0 Å². The van der Waals surface area contributed by atoms with Gasteiger partial charge in [-0.05, 0) is 50.5 Å². The summed E-state index contributed by atoms with van der Waals surface area (Å²) in [4.78, 5) is 28.3. The molecule has 0 bridgehead atoms. The van der Waals surface area contributed by atoms with Gasteiger partial charge in [-0.3, -0.25) is 4.79 Å². The first kappa shape index (κ1) is 19.8. The molecule has 0 N–H and O–H groups in total. The molecule has 2 saturated carbocycles. The molecule has 3 fully saturated rings. The van der Waals surface area contributed by atoms with Crippen molar-refractivity contribution in [2.24, 2.45) is 11.8 Å². The summed E-state index contributed by atoms with van der Waals surface area (Å²) in [6.45, 7) is 3.74. The van der Waals surface area contributed by atoms with Gasteiger partial charge in [0, 0.05) is 11.7 Å². The molecule has 1 aliphatic heterocycles. The van der Waals surface area contributed by atoms with Crippen molar-refractivity contribution in [1.29, 1.82) is 0 Å². The van der Waals surface area contributed by atoms with Gasteiger partial charge in [0.25, 0.3) is 0 Å². The van der Waals surface area contributed by atoms with Crippen molar-refractivity contribution in [2.45, 2.75) is 75.8 Å². The van der Waals surface area contributed by atoms with Gasteiger partial charge in [0.05, 0.1) is 11.5 Å². The zero-order chi connectivity index (χ0) is 19.7. The van der Waals surface area contributed by atoms with E-state index in [4.69, 9.17) is 4.74 Å². The Bertz CT molecular complexity index is 701. The van der Waals surface area contributed by atoms with Gasteiger partial charge in [-0.15, -0.1) is 11.8 Å². The number of amides is 1. The first-order chi connectivity index (χ1) is 13.6. The molecule has 0 aromatic heterocycles. The second-order valence-electron chi connectivity index (χ2n) is 8.73. The highest BCUT2D eigenvalue weighted by molar-refractivity contribution is 8.00. The summed E-state index contributed by atoms with van der Waals surface area (Å²) >= 11 is 1.80. The van der Waals surface area contributed by atoms with E-state index in [2.05, 4.69) is 12.1 Å². The maximum Gasteiger partial charge on any atom is 0.330 e. The zero-order valence-corrected chi connectivity index (χ0v) is 17.7. The minimum absolute atomic E-state index is 0.0153. The SMILES string of the molecule is CC(C)OC(=O)C1CSC(C2CCCCC2)N1C(=O)C1CC1c1ccccc1. The van der Waals surface area contributed by atoms with Gasteiger partial charge in [-0.2, -0.15) is 0 Å². The van der Waals surface area contributed by atoms with E-state index in [9.17, 15) is 9.59 Å². The summed E-state index contributed by atoms with van der Waals surface area (Å²) in [6.07, 6.45) is 6.84. The average Bonchev–Trinajstić information content (AvgIpc) is 3.38. The van der Waals surface area contributed by atoms with Crippen molar-refractivity contribution in [3.05, 3.63) is 35.9 Å². The summed E-state index contributed by atoms with van der Waals surface area (Å²) in [6, 6.07) is 9.88. The second kappa shape index (κ2) is 8.48. The van der Waals surface area contributed by atoms with Gasteiger partial charge >= 0.3 is 5.97 Å². The fraction of sp³-hybridized carbons (Fsp3) is 0.652. The average molecular weight is 402 g/mol. The Morgan fingerprint density at radius 1 is 1.11 bits per heavy atom. The number of ether oxygens (including phenoxy) is 1. The third kappa shape index (κ3) is 4.10. The molecule has 4 rings (SSSR count). The lowest BCUT2D eigenvalue weighted by Gasteiger charge is -2.35. The Morgan fingerprint density at radius 2 is 1.82 bits per heavy atom. The molecule has 0 spiro atoms. The molecule has 152 valence electrons. The molecule has 28 heavy (non-hydrogen) atoms. The summed E-state index contributed by atoms with van der Waals surface area (Å²) in [5.74, 6) is 1.43. The number of rotatable bonds is 5. The maximum absolute atomic E-state index is 13.5. The van der Waals surface area contributed by atoms with E-state index in [-0.39, 0.29) is 29.3 Å².